The zero-order chi connectivity index (χ0) is 8.60. The van der Waals surface area contributed by atoms with E-state index in [4.69, 9.17) is 11.1 Å². The number of nitrogens with two attached hydrogens (primary N) is 1. The van der Waals surface area contributed by atoms with Gasteiger partial charge in [-0.2, -0.15) is 0 Å². The lowest BCUT2D eigenvalue weighted by Gasteiger charge is -2.11. The van der Waals surface area contributed by atoms with Gasteiger partial charge in [-0.15, -0.1) is 0 Å². The van der Waals surface area contributed by atoms with Crippen LogP contribution in [0.1, 0.15) is 18.5 Å². The summed E-state index contributed by atoms with van der Waals surface area (Å²) in [6, 6.07) is 5.75. The molecule has 1 fully saturated rings. The molecule has 0 aromatic carbocycles. The zero-order valence-electron chi connectivity index (χ0n) is 6.75. The third kappa shape index (κ3) is 0.897. The Balaban J connectivity index is 2.37. The van der Waals surface area contributed by atoms with Crippen LogP contribution in [0.4, 0.5) is 0 Å². The molecule has 1 aliphatic carbocycles. The van der Waals surface area contributed by atoms with Crippen molar-refractivity contribution in [3.8, 4) is 0 Å². The van der Waals surface area contributed by atoms with E-state index in [1.165, 1.54) is 0 Å². The summed E-state index contributed by atoms with van der Waals surface area (Å²) in [4.78, 5) is 4.21. The summed E-state index contributed by atoms with van der Waals surface area (Å²) < 4.78 is 0. The number of hydrogen-bond donors (Lipinski definition) is 2. The molecule has 62 valence electrons. The molecule has 3 nitrogen and oxygen atoms in total. The Hall–Kier alpha value is -1.38. The summed E-state index contributed by atoms with van der Waals surface area (Å²) in [5.74, 6) is 0.251. The highest BCUT2D eigenvalue weighted by atomic mass is 14.8. The number of aromatic nitrogens is 1. The molecule has 0 radical (unpaired) electrons. The Morgan fingerprint density at radius 2 is 2.25 bits per heavy atom. The van der Waals surface area contributed by atoms with E-state index in [0.29, 0.717) is 0 Å². The highest BCUT2D eigenvalue weighted by Crippen LogP contribution is 2.46. The lowest BCUT2D eigenvalue weighted by molar-refractivity contribution is 0.868. The van der Waals surface area contributed by atoms with Crippen LogP contribution in [0.5, 0.6) is 0 Å². The predicted octanol–water partition coefficient (Wildman–Crippen LogP) is 1.05. The number of hydrogen-bond acceptors (Lipinski definition) is 2. The van der Waals surface area contributed by atoms with Gasteiger partial charge in [0.1, 0.15) is 5.84 Å². The third-order valence-corrected chi connectivity index (χ3v) is 2.42. The van der Waals surface area contributed by atoms with Gasteiger partial charge in [-0.05, 0) is 25.0 Å². The summed E-state index contributed by atoms with van der Waals surface area (Å²) in [5.41, 5.74) is 6.24. The highest BCUT2D eigenvalue weighted by molar-refractivity contribution is 5.91. The van der Waals surface area contributed by atoms with E-state index < -0.39 is 0 Å². The van der Waals surface area contributed by atoms with Crippen LogP contribution in [-0.4, -0.2) is 10.8 Å². The molecule has 3 heteroatoms. The Morgan fingerprint density at radius 1 is 1.50 bits per heavy atom. The summed E-state index contributed by atoms with van der Waals surface area (Å²) in [7, 11) is 0. The minimum absolute atomic E-state index is 0.207. The van der Waals surface area contributed by atoms with Crippen molar-refractivity contribution in [3.05, 3.63) is 30.1 Å². The molecule has 3 N–H and O–H groups in total. The maximum absolute atomic E-state index is 7.43. The second kappa shape index (κ2) is 2.30. The fourth-order valence-electron chi connectivity index (χ4n) is 1.43. The first-order valence-electron chi connectivity index (χ1n) is 4.02. The largest absolute Gasteiger partial charge is 0.387 e. The molecule has 1 aliphatic rings. The Morgan fingerprint density at radius 3 is 2.67 bits per heavy atom. The van der Waals surface area contributed by atoms with Crippen molar-refractivity contribution >= 4 is 5.84 Å². The van der Waals surface area contributed by atoms with Crippen molar-refractivity contribution in [1.29, 1.82) is 5.41 Å². The van der Waals surface area contributed by atoms with Gasteiger partial charge in [0.15, 0.2) is 0 Å². The van der Waals surface area contributed by atoms with Crippen molar-refractivity contribution in [1.82, 2.24) is 4.98 Å². The van der Waals surface area contributed by atoms with E-state index in [2.05, 4.69) is 4.98 Å². The van der Waals surface area contributed by atoms with Gasteiger partial charge >= 0.3 is 0 Å². The smallest absolute Gasteiger partial charge is 0.103 e. The Bertz CT molecular complexity index is 301. The van der Waals surface area contributed by atoms with Crippen LogP contribution in [0.25, 0.3) is 0 Å². The maximum atomic E-state index is 7.43. The van der Waals surface area contributed by atoms with Crippen LogP contribution < -0.4 is 5.73 Å². The number of amidine groups is 1. The lowest BCUT2D eigenvalue weighted by atomic mass is 10.0. The first-order chi connectivity index (χ1) is 5.76. The van der Waals surface area contributed by atoms with Crippen LogP contribution >= 0.6 is 0 Å². The topological polar surface area (TPSA) is 62.8 Å². The Kier molecular flexibility index (Phi) is 1.40. The molecular weight excluding hydrogens is 150 g/mol. The van der Waals surface area contributed by atoms with Crippen molar-refractivity contribution < 1.29 is 0 Å². The average molecular weight is 161 g/mol. The molecule has 0 unspecified atom stereocenters. The lowest BCUT2D eigenvalue weighted by Crippen LogP contribution is -2.28. The fourth-order valence-corrected chi connectivity index (χ4v) is 1.43. The minimum atomic E-state index is -0.207. The molecule has 0 aliphatic heterocycles. The second-order valence-corrected chi connectivity index (χ2v) is 3.21. The normalized spacial score (nSPS) is 18.7. The molecule has 0 bridgehead atoms. The molecule has 0 atom stereocenters. The molecular formula is C9H11N3. The van der Waals surface area contributed by atoms with Gasteiger partial charge in [-0.25, -0.2) is 0 Å². The standard InChI is InChI=1S/C9H11N3/c10-8(11)9(4-5-9)7-3-1-2-6-12-7/h1-3,6H,4-5H2,(H3,10,11). The van der Waals surface area contributed by atoms with Crippen LogP contribution in [0.2, 0.25) is 0 Å². The van der Waals surface area contributed by atoms with Crippen LogP contribution in [0, 0.1) is 5.41 Å². The molecule has 0 saturated heterocycles. The van der Waals surface area contributed by atoms with Gasteiger partial charge in [-0.1, -0.05) is 6.07 Å². The van der Waals surface area contributed by atoms with E-state index in [9.17, 15) is 0 Å². The highest BCUT2D eigenvalue weighted by Gasteiger charge is 2.48. The average Bonchev–Trinajstić information content (AvgIpc) is 2.86. The quantitative estimate of drug-likeness (QED) is 0.503. The summed E-state index contributed by atoms with van der Waals surface area (Å²) in [6.07, 6.45) is 3.69. The van der Waals surface area contributed by atoms with Gasteiger partial charge in [0.05, 0.1) is 11.1 Å². The third-order valence-electron chi connectivity index (χ3n) is 2.42. The van der Waals surface area contributed by atoms with Crippen molar-refractivity contribution in [2.45, 2.75) is 18.3 Å². The van der Waals surface area contributed by atoms with Gasteiger partial charge in [0.25, 0.3) is 0 Å². The fraction of sp³-hybridized carbons (Fsp3) is 0.333. The van der Waals surface area contributed by atoms with Crippen molar-refractivity contribution in [2.24, 2.45) is 5.73 Å². The monoisotopic (exact) mass is 161 g/mol. The minimum Gasteiger partial charge on any atom is -0.387 e. The molecule has 1 heterocycles. The molecule has 12 heavy (non-hydrogen) atoms. The first-order valence-corrected chi connectivity index (χ1v) is 4.02. The zero-order valence-corrected chi connectivity index (χ0v) is 6.75. The molecule has 1 aromatic heterocycles. The molecule has 0 amide bonds. The van der Waals surface area contributed by atoms with E-state index in [1.54, 1.807) is 6.20 Å². The summed E-state index contributed by atoms with van der Waals surface area (Å²) in [5, 5.41) is 7.43. The SMILES string of the molecule is N=C(N)C1(c2ccccn2)CC1. The maximum Gasteiger partial charge on any atom is 0.103 e. The van der Waals surface area contributed by atoms with E-state index in [0.717, 1.165) is 18.5 Å². The van der Waals surface area contributed by atoms with E-state index in [1.807, 2.05) is 18.2 Å². The van der Waals surface area contributed by atoms with Crippen molar-refractivity contribution in [2.75, 3.05) is 0 Å². The van der Waals surface area contributed by atoms with Crippen molar-refractivity contribution in [3.63, 3.8) is 0 Å². The van der Waals surface area contributed by atoms with Gasteiger partial charge in [-0.3, -0.25) is 10.4 Å². The molecule has 2 rings (SSSR count). The second-order valence-electron chi connectivity index (χ2n) is 3.21. The number of rotatable bonds is 2. The van der Waals surface area contributed by atoms with E-state index in [-0.39, 0.29) is 11.3 Å². The van der Waals surface area contributed by atoms with Crippen LogP contribution in [0.3, 0.4) is 0 Å². The number of nitrogens with zero attached hydrogens (tertiary/aromatic N) is 1. The van der Waals surface area contributed by atoms with Gasteiger partial charge in [0, 0.05) is 6.20 Å². The first kappa shape index (κ1) is 7.28. The molecule has 1 aromatic rings. The number of pyridine rings is 1. The van der Waals surface area contributed by atoms with Crippen LogP contribution in [0.15, 0.2) is 24.4 Å². The summed E-state index contributed by atoms with van der Waals surface area (Å²) in [6.45, 7) is 0. The van der Waals surface area contributed by atoms with Gasteiger partial charge < -0.3 is 5.73 Å². The van der Waals surface area contributed by atoms with Crippen LogP contribution in [-0.2, 0) is 5.41 Å². The predicted molar refractivity (Wildman–Crippen MR) is 47.1 cm³/mol. The molecule has 0 spiro atoms. The van der Waals surface area contributed by atoms with E-state index >= 15 is 0 Å². The number of nitrogens with one attached hydrogen (secondary N) is 1. The summed E-state index contributed by atoms with van der Waals surface area (Å²) >= 11 is 0. The van der Waals surface area contributed by atoms with Gasteiger partial charge in [0.2, 0.25) is 0 Å². The Labute approximate surface area is 71.1 Å². The molecule has 1 saturated carbocycles.